The first-order valence-corrected chi connectivity index (χ1v) is 7.76. The molecular weight excluding hydrogens is 302 g/mol. The number of carbonyl (C=O) groups is 1. The first kappa shape index (κ1) is 15.1. The maximum Gasteiger partial charge on any atom is 0.272 e. The predicted molar refractivity (Wildman–Crippen MR) is 83.9 cm³/mol. The molecule has 3 rings (SSSR count). The fourth-order valence-electron chi connectivity index (χ4n) is 2.65. The minimum absolute atomic E-state index is 0.186. The van der Waals surface area contributed by atoms with E-state index in [2.05, 4.69) is 10.4 Å². The number of aromatic nitrogens is 2. The summed E-state index contributed by atoms with van der Waals surface area (Å²) in [5.74, 6) is -0.186. The molecule has 0 bridgehead atoms. The molecule has 2 heterocycles. The monoisotopic (exact) mass is 319 g/mol. The largest absolute Gasteiger partial charge is 0.376 e. The summed E-state index contributed by atoms with van der Waals surface area (Å²) in [6.07, 6.45) is 0.800. The van der Waals surface area contributed by atoms with Crippen LogP contribution >= 0.6 is 11.6 Å². The molecule has 1 aromatic heterocycles. The fraction of sp³-hybridized carbons (Fsp3) is 0.375. The van der Waals surface area contributed by atoms with E-state index in [1.54, 1.807) is 0 Å². The number of nitrogens with one attached hydrogen (secondary N) is 1. The van der Waals surface area contributed by atoms with Crippen LogP contribution in [-0.4, -0.2) is 22.3 Å². The van der Waals surface area contributed by atoms with Gasteiger partial charge in [0, 0.05) is 35.8 Å². The molecule has 0 unspecified atom stereocenters. The molecule has 0 saturated carbocycles. The number of benzene rings is 1. The molecule has 5 nitrogen and oxygen atoms in total. The lowest BCUT2D eigenvalue weighted by Gasteiger charge is -2.14. The van der Waals surface area contributed by atoms with Crippen LogP contribution in [0.4, 0.5) is 0 Å². The van der Waals surface area contributed by atoms with Crippen LogP contribution in [0.5, 0.6) is 0 Å². The third kappa shape index (κ3) is 2.87. The maximum absolute atomic E-state index is 12.4. The van der Waals surface area contributed by atoms with Crippen molar-refractivity contribution in [3.63, 3.8) is 0 Å². The van der Waals surface area contributed by atoms with Gasteiger partial charge in [-0.15, -0.1) is 0 Å². The van der Waals surface area contributed by atoms with E-state index in [0.717, 1.165) is 29.8 Å². The Morgan fingerprint density at radius 1 is 1.45 bits per heavy atom. The molecule has 116 valence electrons. The van der Waals surface area contributed by atoms with Gasteiger partial charge in [0.1, 0.15) is 0 Å². The van der Waals surface area contributed by atoms with Crippen LogP contribution in [0.25, 0.3) is 0 Å². The molecule has 0 saturated heterocycles. The van der Waals surface area contributed by atoms with Crippen LogP contribution in [0.15, 0.2) is 24.3 Å². The van der Waals surface area contributed by atoms with E-state index in [0.29, 0.717) is 30.5 Å². The molecule has 0 atom stereocenters. The highest BCUT2D eigenvalue weighted by molar-refractivity contribution is 6.31. The van der Waals surface area contributed by atoms with Gasteiger partial charge >= 0.3 is 0 Å². The number of halogens is 1. The number of carbonyl (C=O) groups excluding carboxylic acids is 1. The number of rotatable bonds is 4. The average molecular weight is 320 g/mol. The Morgan fingerprint density at radius 3 is 3.05 bits per heavy atom. The highest BCUT2D eigenvalue weighted by Gasteiger charge is 2.24. The number of aryl methyl sites for hydroxylation is 1. The van der Waals surface area contributed by atoms with Crippen molar-refractivity contribution in [2.75, 3.05) is 6.61 Å². The van der Waals surface area contributed by atoms with Crippen LogP contribution in [-0.2, 0) is 30.9 Å². The summed E-state index contributed by atoms with van der Waals surface area (Å²) in [4.78, 5) is 12.4. The van der Waals surface area contributed by atoms with Gasteiger partial charge in [0.05, 0.1) is 13.2 Å². The summed E-state index contributed by atoms with van der Waals surface area (Å²) >= 11 is 6.10. The van der Waals surface area contributed by atoms with E-state index < -0.39 is 0 Å². The Bertz CT molecular complexity index is 697. The Kier molecular flexibility index (Phi) is 4.45. The summed E-state index contributed by atoms with van der Waals surface area (Å²) < 4.78 is 7.36. The molecule has 1 amide bonds. The summed E-state index contributed by atoms with van der Waals surface area (Å²) in [5.41, 5.74) is 3.36. The third-order valence-electron chi connectivity index (χ3n) is 3.81. The molecule has 0 radical (unpaired) electrons. The van der Waals surface area contributed by atoms with Gasteiger partial charge in [-0.05, 0) is 18.6 Å². The lowest BCUT2D eigenvalue weighted by atomic mass is 10.1. The highest BCUT2D eigenvalue weighted by atomic mass is 35.5. The van der Waals surface area contributed by atoms with E-state index in [1.165, 1.54) is 0 Å². The van der Waals surface area contributed by atoms with Gasteiger partial charge in [-0.2, -0.15) is 5.10 Å². The average Bonchev–Trinajstić information content (AvgIpc) is 2.93. The van der Waals surface area contributed by atoms with Gasteiger partial charge in [0.15, 0.2) is 5.69 Å². The Balaban J connectivity index is 1.78. The molecular formula is C16H18ClN3O2. The van der Waals surface area contributed by atoms with Crippen molar-refractivity contribution in [2.45, 2.75) is 33.0 Å². The van der Waals surface area contributed by atoms with Gasteiger partial charge in [0.25, 0.3) is 5.91 Å². The Morgan fingerprint density at radius 2 is 2.27 bits per heavy atom. The van der Waals surface area contributed by atoms with Gasteiger partial charge in [-0.3, -0.25) is 9.48 Å². The van der Waals surface area contributed by atoms with Gasteiger partial charge < -0.3 is 10.1 Å². The molecule has 0 aliphatic carbocycles. The van der Waals surface area contributed by atoms with Crippen molar-refractivity contribution in [3.8, 4) is 0 Å². The van der Waals surface area contributed by atoms with Gasteiger partial charge in [-0.1, -0.05) is 29.8 Å². The maximum atomic E-state index is 12.4. The highest BCUT2D eigenvalue weighted by Crippen LogP contribution is 2.21. The number of fused-ring (bicyclic) bond motifs is 1. The normalized spacial score (nSPS) is 13.7. The summed E-state index contributed by atoms with van der Waals surface area (Å²) in [6, 6.07) is 7.47. The van der Waals surface area contributed by atoms with E-state index in [4.69, 9.17) is 16.3 Å². The molecule has 1 N–H and O–H groups in total. The van der Waals surface area contributed by atoms with Crippen LogP contribution in [0, 0.1) is 0 Å². The number of nitrogens with zero attached hydrogens (tertiary/aromatic N) is 2. The van der Waals surface area contributed by atoms with Crippen LogP contribution in [0.2, 0.25) is 5.02 Å². The van der Waals surface area contributed by atoms with Crippen molar-refractivity contribution in [2.24, 2.45) is 0 Å². The first-order valence-electron chi connectivity index (χ1n) is 7.38. The second-order valence-corrected chi connectivity index (χ2v) is 5.57. The van der Waals surface area contributed by atoms with Gasteiger partial charge in [0.2, 0.25) is 0 Å². The second kappa shape index (κ2) is 6.50. The summed E-state index contributed by atoms with van der Waals surface area (Å²) in [5, 5.41) is 7.97. The van der Waals surface area contributed by atoms with Crippen molar-refractivity contribution in [3.05, 3.63) is 51.8 Å². The smallest absolute Gasteiger partial charge is 0.272 e. The molecule has 22 heavy (non-hydrogen) atoms. The number of hydrogen-bond donors (Lipinski definition) is 1. The first-order chi connectivity index (χ1) is 10.7. The molecule has 2 aromatic rings. The molecule has 0 fully saturated rings. The molecule has 0 spiro atoms. The van der Waals surface area contributed by atoms with Crippen molar-refractivity contribution in [1.82, 2.24) is 15.1 Å². The van der Waals surface area contributed by atoms with Crippen molar-refractivity contribution < 1.29 is 9.53 Å². The zero-order valence-corrected chi connectivity index (χ0v) is 13.2. The molecule has 1 aliphatic rings. The summed E-state index contributed by atoms with van der Waals surface area (Å²) in [6.45, 7) is 4.28. The standard InChI is InChI=1S/C16H18ClN3O2/c1-2-20-14-7-8-22-10-12(14)15(19-20)16(21)18-9-11-5-3-4-6-13(11)17/h3-6H,2,7-10H2,1H3,(H,18,21). The number of ether oxygens (including phenoxy) is 1. The van der Waals surface area contributed by atoms with Crippen molar-refractivity contribution >= 4 is 17.5 Å². The van der Waals surface area contributed by atoms with Crippen LogP contribution in [0.1, 0.15) is 34.2 Å². The van der Waals surface area contributed by atoms with Gasteiger partial charge in [-0.25, -0.2) is 0 Å². The van der Waals surface area contributed by atoms with E-state index in [9.17, 15) is 4.79 Å². The number of amides is 1. The zero-order valence-electron chi connectivity index (χ0n) is 12.4. The molecule has 6 heteroatoms. The molecule has 1 aromatic carbocycles. The lowest BCUT2D eigenvalue weighted by Crippen LogP contribution is -2.25. The summed E-state index contributed by atoms with van der Waals surface area (Å²) in [7, 11) is 0. The van der Waals surface area contributed by atoms with Crippen LogP contribution in [0.3, 0.4) is 0 Å². The fourth-order valence-corrected chi connectivity index (χ4v) is 2.86. The minimum atomic E-state index is -0.186. The predicted octanol–water partition coefficient (Wildman–Crippen LogP) is 2.56. The van der Waals surface area contributed by atoms with Crippen LogP contribution < -0.4 is 5.32 Å². The lowest BCUT2D eigenvalue weighted by molar-refractivity contribution is 0.0922. The Hall–Kier alpha value is -1.85. The van der Waals surface area contributed by atoms with E-state index >= 15 is 0 Å². The van der Waals surface area contributed by atoms with E-state index in [-0.39, 0.29) is 5.91 Å². The third-order valence-corrected chi connectivity index (χ3v) is 4.18. The SMILES string of the molecule is CCn1nc(C(=O)NCc2ccccc2Cl)c2c1CCOC2. The zero-order chi connectivity index (χ0) is 15.5. The Labute approximate surface area is 134 Å². The minimum Gasteiger partial charge on any atom is -0.376 e. The topological polar surface area (TPSA) is 56.2 Å². The van der Waals surface area contributed by atoms with Crippen molar-refractivity contribution in [1.29, 1.82) is 0 Å². The number of hydrogen-bond acceptors (Lipinski definition) is 3. The quantitative estimate of drug-likeness (QED) is 0.942. The van der Waals surface area contributed by atoms with E-state index in [1.807, 2.05) is 35.9 Å². The second-order valence-electron chi connectivity index (χ2n) is 5.17. The molecule has 1 aliphatic heterocycles.